The van der Waals surface area contributed by atoms with Crippen molar-refractivity contribution in [2.45, 2.75) is 0 Å². The van der Waals surface area contributed by atoms with E-state index in [1.54, 1.807) is 0 Å². The van der Waals surface area contributed by atoms with Crippen molar-refractivity contribution in [3.8, 4) is 34.2 Å². The molecule has 7 aromatic carbocycles. The molecule has 51 heavy (non-hydrogen) atoms. The summed E-state index contributed by atoms with van der Waals surface area (Å²) in [7, 11) is 0. The van der Waals surface area contributed by atoms with E-state index < -0.39 is 0 Å². The summed E-state index contributed by atoms with van der Waals surface area (Å²) in [6.07, 6.45) is 0. The lowest BCUT2D eigenvalue weighted by atomic mass is 10.0. The predicted molar refractivity (Wildman–Crippen MR) is 206 cm³/mol. The van der Waals surface area contributed by atoms with Gasteiger partial charge in [0.25, 0.3) is 0 Å². The van der Waals surface area contributed by atoms with Crippen molar-refractivity contribution in [3.05, 3.63) is 176 Å². The second kappa shape index (κ2) is 11.8. The van der Waals surface area contributed by atoms with Crippen LogP contribution in [-0.4, -0.2) is 15.0 Å². The van der Waals surface area contributed by atoms with Crippen LogP contribution in [0.15, 0.2) is 180 Å². The van der Waals surface area contributed by atoms with Crippen molar-refractivity contribution in [3.63, 3.8) is 0 Å². The number of nitrogens with zero attached hydrogens (tertiary/aromatic N) is 5. The molecule has 0 N–H and O–H groups in total. The highest BCUT2D eigenvalue weighted by Crippen LogP contribution is 2.55. The van der Waals surface area contributed by atoms with Crippen LogP contribution in [0.5, 0.6) is 0 Å². The third kappa shape index (κ3) is 4.84. The Morgan fingerprint density at radius 2 is 0.824 bits per heavy atom. The summed E-state index contributed by atoms with van der Waals surface area (Å²) >= 11 is 0. The molecule has 2 aromatic heterocycles. The summed E-state index contributed by atoms with van der Waals surface area (Å²) in [5.74, 6) is 1.84. The molecule has 0 spiro atoms. The fourth-order valence-corrected chi connectivity index (χ4v) is 7.10. The van der Waals surface area contributed by atoms with E-state index in [2.05, 4.69) is 119 Å². The highest BCUT2D eigenvalue weighted by molar-refractivity contribution is 6.13. The molecule has 0 aliphatic carbocycles. The molecule has 0 saturated heterocycles. The first-order chi connectivity index (χ1) is 25.3. The van der Waals surface area contributed by atoms with E-state index in [4.69, 9.17) is 19.4 Å². The fraction of sp³-hybridized carbons (Fsp3) is 0. The van der Waals surface area contributed by atoms with Gasteiger partial charge in [0, 0.05) is 33.2 Å². The van der Waals surface area contributed by atoms with Gasteiger partial charge < -0.3 is 14.2 Å². The number of anilines is 6. The van der Waals surface area contributed by atoms with Crippen LogP contribution in [0.3, 0.4) is 0 Å². The van der Waals surface area contributed by atoms with Crippen LogP contribution >= 0.6 is 0 Å². The summed E-state index contributed by atoms with van der Waals surface area (Å²) < 4.78 is 6.84. The Labute approximate surface area is 294 Å². The molecule has 0 fully saturated rings. The number of hydrogen-bond acceptors (Lipinski definition) is 6. The van der Waals surface area contributed by atoms with Gasteiger partial charge in [0.05, 0.1) is 28.4 Å². The van der Waals surface area contributed by atoms with E-state index in [-0.39, 0.29) is 0 Å². The van der Waals surface area contributed by atoms with E-state index >= 15 is 0 Å². The maximum atomic E-state index is 6.84. The minimum Gasteiger partial charge on any atom is -0.454 e. The molecule has 9 aromatic rings. The van der Waals surface area contributed by atoms with Gasteiger partial charge in [0.2, 0.25) is 0 Å². The Morgan fingerprint density at radius 1 is 0.353 bits per heavy atom. The number of hydrogen-bond donors (Lipinski definition) is 0. The van der Waals surface area contributed by atoms with E-state index in [9.17, 15) is 0 Å². The van der Waals surface area contributed by atoms with E-state index in [0.29, 0.717) is 17.5 Å². The summed E-state index contributed by atoms with van der Waals surface area (Å²) in [5.41, 5.74) is 10.7. The third-order valence-corrected chi connectivity index (χ3v) is 9.42. The van der Waals surface area contributed by atoms with Gasteiger partial charge in [-0.15, -0.1) is 0 Å². The van der Waals surface area contributed by atoms with E-state index in [1.807, 2.05) is 66.7 Å². The number of furan rings is 1. The first-order valence-corrected chi connectivity index (χ1v) is 17.0. The lowest BCUT2D eigenvalue weighted by Gasteiger charge is -2.40. The van der Waals surface area contributed by atoms with E-state index in [1.165, 1.54) is 0 Å². The van der Waals surface area contributed by atoms with Gasteiger partial charge in [-0.25, -0.2) is 15.0 Å². The summed E-state index contributed by atoms with van der Waals surface area (Å²) in [6, 6.07) is 60.3. The van der Waals surface area contributed by atoms with Gasteiger partial charge in [0.1, 0.15) is 5.58 Å². The largest absolute Gasteiger partial charge is 0.454 e. The first kappa shape index (κ1) is 28.9. The Balaban J connectivity index is 1.14. The van der Waals surface area contributed by atoms with Gasteiger partial charge in [-0.1, -0.05) is 121 Å². The maximum Gasteiger partial charge on any atom is 0.164 e. The van der Waals surface area contributed by atoms with Crippen LogP contribution < -0.4 is 9.80 Å². The second-order valence-corrected chi connectivity index (χ2v) is 12.5. The average Bonchev–Trinajstić information content (AvgIpc) is 3.59. The Hall–Kier alpha value is -7.05. The number of benzene rings is 7. The highest BCUT2D eigenvalue weighted by atomic mass is 16.3. The van der Waals surface area contributed by atoms with Crippen LogP contribution in [0.4, 0.5) is 34.1 Å². The van der Waals surface area contributed by atoms with Crippen molar-refractivity contribution in [2.24, 2.45) is 0 Å². The molecule has 0 atom stereocenters. The Morgan fingerprint density at radius 3 is 1.39 bits per heavy atom. The molecule has 0 radical (unpaired) electrons. The maximum absolute atomic E-state index is 6.84. The molecule has 1 aliphatic rings. The van der Waals surface area contributed by atoms with E-state index in [0.717, 1.165) is 72.8 Å². The minimum absolute atomic E-state index is 0.588. The molecule has 0 amide bonds. The van der Waals surface area contributed by atoms with Crippen molar-refractivity contribution >= 4 is 56.1 Å². The zero-order valence-corrected chi connectivity index (χ0v) is 27.4. The molecule has 6 heteroatoms. The second-order valence-electron chi connectivity index (χ2n) is 12.5. The highest BCUT2D eigenvalue weighted by Gasteiger charge is 2.31. The van der Waals surface area contributed by atoms with Gasteiger partial charge in [0.15, 0.2) is 23.1 Å². The van der Waals surface area contributed by atoms with Crippen LogP contribution in [0.1, 0.15) is 0 Å². The van der Waals surface area contributed by atoms with Gasteiger partial charge in [-0.2, -0.15) is 0 Å². The van der Waals surface area contributed by atoms with Crippen molar-refractivity contribution in [1.82, 2.24) is 15.0 Å². The van der Waals surface area contributed by atoms with Crippen LogP contribution in [0.2, 0.25) is 0 Å². The van der Waals surface area contributed by atoms with Crippen molar-refractivity contribution in [2.75, 3.05) is 9.80 Å². The Kier molecular flexibility index (Phi) is 6.70. The van der Waals surface area contributed by atoms with Crippen LogP contribution in [-0.2, 0) is 0 Å². The molecule has 10 rings (SSSR count). The predicted octanol–water partition coefficient (Wildman–Crippen LogP) is 12.0. The zero-order chi connectivity index (χ0) is 33.7. The topological polar surface area (TPSA) is 58.3 Å². The van der Waals surface area contributed by atoms with Gasteiger partial charge >= 0.3 is 0 Å². The molecule has 0 saturated carbocycles. The molecular formula is C45H29N5O. The van der Waals surface area contributed by atoms with Gasteiger partial charge in [-0.3, -0.25) is 0 Å². The third-order valence-electron chi connectivity index (χ3n) is 9.42. The quantitative estimate of drug-likeness (QED) is 0.184. The van der Waals surface area contributed by atoms with Crippen LogP contribution in [0, 0.1) is 0 Å². The normalized spacial score (nSPS) is 12.2. The first-order valence-electron chi connectivity index (χ1n) is 17.0. The standard InChI is InChI=1S/C45H29N5O/c1-4-15-30(16-5-1)43-46-44(31-17-6-2-7-18-31)48-45(47-43)32-27-28-34-35-21-14-26-40(42(35)51-41(34)29-32)50-38-24-12-10-22-36(38)49(33-19-8-3-9-20-33)37-23-11-13-25-39(37)50/h1-29H. The summed E-state index contributed by atoms with van der Waals surface area (Å²) in [4.78, 5) is 19.4. The molecule has 1 aliphatic heterocycles. The molecule has 3 heterocycles. The zero-order valence-electron chi connectivity index (χ0n) is 27.4. The smallest absolute Gasteiger partial charge is 0.164 e. The number of aromatic nitrogens is 3. The molecule has 0 unspecified atom stereocenters. The number of rotatable bonds is 5. The van der Waals surface area contributed by atoms with Crippen LogP contribution in [0.25, 0.3) is 56.1 Å². The molecule has 240 valence electrons. The number of fused-ring (bicyclic) bond motifs is 5. The monoisotopic (exact) mass is 655 g/mol. The summed E-state index contributed by atoms with van der Waals surface area (Å²) in [6.45, 7) is 0. The van der Waals surface area contributed by atoms with Crippen molar-refractivity contribution < 1.29 is 4.42 Å². The number of para-hydroxylation sites is 6. The summed E-state index contributed by atoms with van der Waals surface area (Å²) in [5, 5.41) is 2.07. The van der Waals surface area contributed by atoms with Gasteiger partial charge in [-0.05, 0) is 54.6 Å². The SMILES string of the molecule is c1ccc(-c2nc(-c3ccccc3)nc(-c3ccc4c(c3)oc3c(N5c6ccccc6N(c6ccccc6)c6ccccc65)cccc34)n2)cc1. The lowest BCUT2D eigenvalue weighted by molar-refractivity contribution is 0.669. The molecule has 0 bridgehead atoms. The molecular weight excluding hydrogens is 627 g/mol. The molecule has 6 nitrogen and oxygen atoms in total. The lowest BCUT2D eigenvalue weighted by Crippen LogP contribution is -2.23. The minimum atomic E-state index is 0.588. The Bertz CT molecular complexity index is 2600. The average molecular weight is 656 g/mol. The fourth-order valence-electron chi connectivity index (χ4n) is 7.10. The van der Waals surface area contributed by atoms with Crippen molar-refractivity contribution in [1.29, 1.82) is 0 Å².